The molecule has 1 heterocycles. The highest BCUT2D eigenvalue weighted by atomic mass is 32.2. The molecule has 0 amide bonds. The molecule has 1 saturated heterocycles. The van der Waals surface area contributed by atoms with Gasteiger partial charge < -0.3 is 5.11 Å². The standard InChI is InChI=1S/C26H31F2NO4S/c1-3-18(25(30)31)15-26(11-12-26)21-14-22(27)20(13-23(21)28)16-29-17(2)9-10-24(34(29,32)33)19-7-5-4-6-8-19/h4-8,13-14,17-18,24H,3,9-12,15-16H2,1-2H3,(H,30,31)/t17-,18?,24+/m0/s1. The van der Waals surface area contributed by atoms with E-state index in [9.17, 15) is 18.3 Å². The summed E-state index contributed by atoms with van der Waals surface area (Å²) in [5.41, 5.74) is 0.225. The van der Waals surface area contributed by atoms with Gasteiger partial charge in [0, 0.05) is 18.2 Å². The number of carboxylic acids is 1. The minimum atomic E-state index is -3.77. The van der Waals surface area contributed by atoms with E-state index in [1.165, 1.54) is 4.31 Å². The first-order chi connectivity index (χ1) is 16.1. The van der Waals surface area contributed by atoms with Crippen molar-refractivity contribution in [2.24, 2.45) is 5.92 Å². The van der Waals surface area contributed by atoms with Crippen LogP contribution in [0.5, 0.6) is 0 Å². The molecule has 8 heteroatoms. The first-order valence-corrected chi connectivity index (χ1v) is 13.4. The lowest BCUT2D eigenvalue weighted by Gasteiger charge is -2.37. The maximum Gasteiger partial charge on any atom is 0.306 e. The summed E-state index contributed by atoms with van der Waals surface area (Å²) < 4.78 is 58.6. The maximum absolute atomic E-state index is 15.2. The van der Waals surface area contributed by atoms with Crippen LogP contribution in [0.3, 0.4) is 0 Å². The van der Waals surface area contributed by atoms with Crippen LogP contribution in [-0.4, -0.2) is 29.8 Å². The molecule has 1 unspecified atom stereocenters. The number of aliphatic carboxylic acids is 1. The summed E-state index contributed by atoms with van der Waals surface area (Å²) in [6.45, 7) is 3.32. The van der Waals surface area contributed by atoms with Crippen LogP contribution < -0.4 is 0 Å². The van der Waals surface area contributed by atoms with Gasteiger partial charge in [-0.1, -0.05) is 37.3 Å². The molecule has 2 fully saturated rings. The summed E-state index contributed by atoms with van der Waals surface area (Å²) in [7, 11) is -3.77. The second kappa shape index (κ2) is 9.38. The molecular formula is C26H31F2NO4S. The Morgan fingerprint density at radius 1 is 1.15 bits per heavy atom. The van der Waals surface area contributed by atoms with E-state index in [1.807, 2.05) is 6.07 Å². The summed E-state index contributed by atoms with van der Waals surface area (Å²) >= 11 is 0. The van der Waals surface area contributed by atoms with Crippen LogP contribution in [0.25, 0.3) is 0 Å². The van der Waals surface area contributed by atoms with Gasteiger partial charge in [-0.05, 0) is 74.1 Å². The molecule has 4 rings (SSSR count). The van der Waals surface area contributed by atoms with Crippen molar-refractivity contribution in [3.8, 4) is 0 Å². The average molecular weight is 492 g/mol. The second-order valence-corrected chi connectivity index (χ2v) is 11.8. The highest BCUT2D eigenvalue weighted by Gasteiger charge is 2.48. The van der Waals surface area contributed by atoms with Crippen molar-refractivity contribution >= 4 is 16.0 Å². The Hall–Kier alpha value is -2.32. The molecule has 0 aromatic heterocycles. The molecule has 34 heavy (non-hydrogen) atoms. The second-order valence-electron chi connectivity index (χ2n) is 9.77. The van der Waals surface area contributed by atoms with Crippen molar-refractivity contribution < 1.29 is 27.1 Å². The maximum atomic E-state index is 15.2. The van der Waals surface area contributed by atoms with Gasteiger partial charge in [-0.3, -0.25) is 4.79 Å². The molecule has 2 aliphatic rings. The molecule has 0 spiro atoms. The molecule has 2 aromatic rings. The van der Waals surface area contributed by atoms with E-state index in [1.54, 1.807) is 38.1 Å². The van der Waals surface area contributed by atoms with Crippen molar-refractivity contribution in [2.75, 3.05) is 0 Å². The molecule has 2 aromatic carbocycles. The molecule has 184 valence electrons. The van der Waals surface area contributed by atoms with Gasteiger partial charge in [-0.15, -0.1) is 0 Å². The fourth-order valence-corrected chi connectivity index (χ4v) is 7.44. The number of carboxylic acid groups (broad SMARTS) is 1. The zero-order valence-electron chi connectivity index (χ0n) is 19.5. The summed E-state index contributed by atoms with van der Waals surface area (Å²) in [4.78, 5) is 11.5. The van der Waals surface area contributed by atoms with Gasteiger partial charge in [0.05, 0.1) is 5.92 Å². The Morgan fingerprint density at radius 3 is 2.41 bits per heavy atom. The van der Waals surface area contributed by atoms with Crippen LogP contribution in [0.2, 0.25) is 0 Å². The van der Waals surface area contributed by atoms with Crippen molar-refractivity contribution in [3.63, 3.8) is 0 Å². The summed E-state index contributed by atoms with van der Waals surface area (Å²) in [5, 5.41) is 8.69. The van der Waals surface area contributed by atoms with E-state index in [4.69, 9.17) is 0 Å². The van der Waals surface area contributed by atoms with Crippen molar-refractivity contribution in [1.82, 2.24) is 4.31 Å². The van der Waals surface area contributed by atoms with E-state index >= 15 is 8.78 Å². The fraction of sp³-hybridized carbons (Fsp3) is 0.500. The smallest absolute Gasteiger partial charge is 0.306 e. The molecular weight excluding hydrogens is 460 g/mol. The molecule has 0 radical (unpaired) electrons. The van der Waals surface area contributed by atoms with Crippen molar-refractivity contribution in [1.29, 1.82) is 0 Å². The van der Waals surface area contributed by atoms with E-state index in [0.717, 1.165) is 12.1 Å². The largest absolute Gasteiger partial charge is 0.481 e. The van der Waals surface area contributed by atoms with Gasteiger partial charge in [0.25, 0.3) is 0 Å². The van der Waals surface area contributed by atoms with E-state index in [2.05, 4.69) is 0 Å². The van der Waals surface area contributed by atoms with Crippen LogP contribution >= 0.6 is 0 Å². The molecule has 5 nitrogen and oxygen atoms in total. The highest BCUT2D eigenvalue weighted by molar-refractivity contribution is 7.89. The first kappa shape index (κ1) is 24.8. The molecule has 1 N–H and O–H groups in total. The van der Waals surface area contributed by atoms with Crippen LogP contribution in [0, 0.1) is 17.6 Å². The van der Waals surface area contributed by atoms with Gasteiger partial charge in [-0.25, -0.2) is 17.2 Å². The normalized spacial score (nSPS) is 24.5. The van der Waals surface area contributed by atoms with Crippen molar-refractivity contribution in [2.45, 2.75) is 75.6 Å². The predicted octanol–water partition coefficient (Wildman–Crippen LogP) is 5.55. The number of nitrogens with zero attached hydrogens (tertiary/aromatic N) is 1. The average Bonchev–Trinajstić information content (AvgIpc) is 3.57. The molecule has 1 aliphatic carbocycles. The third-order valence-corrected chi connectivity index (χ3v) is 9.93. The number of hydrogen-bond acceptors (Lipinski definition) is 3. The quantitative estimate of drug-likeness (QED) is 0.525. The lowest BCUT2D eigenvalue weighted by Crippen LogP contribution is -2.44. The first-order valence-electron chi connectivity index (χ1n) is 11.9. The van der Waals surface area contributed by atoms with Crippen LogP contribution in [0.15, 0.2) is 42.5 Å². The van der Waals surface area contributed by atoms with Gasteiger partial charge in [0.2, 0.25) is 10.0 Å². The Bertz CT molecular complexity index is 1160. The SMILES string of the molecule is CCC(CC1(c2cc(F)c(CN3[C@@H](C)CC[C@H](c4ccccc4)S3(=O)=O)cc2F)CC1)C(=O)O. The van der Waals surface area contributed by atoms with Gasteiger partial charge >= 0.3 is 5.97 Å². The lowest BCUT2D eigenvalue weighted by molar-refractivity contribution is -0.142. The molecule has 1 aliphatic heterocycles. The summed E-state index contributed by atoms with van der Waals surface area (Å²) in [6, 6.07) is 10.9. The Kier molecular flexibility index (Phi) is 6.84. The monoisotopic (exact) mass is 491 g/mol. The van der Waals surface area contributed by atoms with Crippen molar-refractivity contribution in [3.05, 3.63) is 70.8 Å². The zero-order chi connectivity index (χ0) is 24.7. The van der Waals surface area contributed by atoms with E-state index < -0.39 is 44.2 Å². The molecule has 0 bridgehead atoms. The van der Waals surface area contributed by atoms with Crippen LogP contribution in [-0.2, 0) is 26.8 Å². The zero-order valence-corrected chi connectivity index (χ0v) is 20.3. The number of halogens is 2. The summed E-state index contributed by atoms with van der Waals surface area (Å²) in [5.74, 6) is -2.80. The number of benzene rings is 2. The Balaban J connectivity index is 1.61. The van der Waals surface area contributed by atoms with E-state index in [0.29, 0.717) is 37.7 Å². The third kappa shape index (κ3) is 4.62. The number of hydrogen-bond donors (Lipinski definition) is 1. The van der Waals surface area contributed by atoms with E-state index in [-0.39, 0.29) is 30.1 Å². The van der Waals surface area contributed by atoms with Crippen LogP contribution in [0.4, 0.5) is 8.78 Å². The fourth-order valence-electron chi connectivity index (χ4n) is 5.25. The summed E-state index contributed by atoms with van der Waals surface area (Å²) in [6.07, 6.45) is 3.02. The lowest BCUT2D eigenvalue weighted by atomic mass is 9.84. The van der Waals surface area contributed by atoms with Gasteiger partial charge in [-0.2, -0.15) is 4.31 Å². The predicted molar refractivity (Wildman–Crippen MR) is 126 cm³/mol. The molecule has 1 saturated carbocycles. The van der Waals surface area contributed by atoms with Gasteiger partial charge in [0.1, 0.15) is 16.9 Å². The Morgan fingerprint density at radius 2 is 1.82 bits per heavy atom. The minimum absolute atomic E-state index is 0.00790. The van der Waals surface area contributed by atoms with Crippen LogP contribution in [0.1, 0.15) is 74.3 Å². The molecule has 3 atom stereocenters. The number of carbonyl (C=O) groups is 1. The van der Waals surface area contributed by atoms with Gasteiger partial charge in [0.15, 0.2) is 0 Å². The number of rotatable bonds is 8. The highest BCUT2D eigenvalue weighted by Crippen LogP contribution is 2.54. The third-order valence-electron chi connectivity index (χ3n) is 7.56. The Labute approximate surface area is 199 Å². The number of sulfonamides is 1. The topological polar surface area (TPSA) is 74.7 Å². The minimum Gasteiger partial charge on any atom is -0.481 e.